The molecule has 0 saturated heterocycles. The lowest BCUT2D eigenvalue weighted by Crippen LogP contribution is -2.38. The van der Waals surface area contributed by atoms with Crippen LogP contribution >= 0.6 is 0 Å². The number of aromatic nitrogens is 1. The summed E-state index contributed by atoms with van der Waals surface area (Å²) >= 11 is 0. The first kappa shape index (κ1) is 15.1. The molecule has 18 heavy (non-hydrogen) atoms. The van der Waals surface area contributed by atoms with Crippen LogP contribution in [0.4, 0.5) is 0 Å². The summed E-state index contributed by atoms with van der Waals surface area (Å²) in [7, 11) is -3.28. The van der Waals surface area contributed by atoms with Gasteiger partial charge in [0.2, 0.25) is 10.0 Å². The highest BCUT2D eigenvalue weighted by molar-refractivity contribution is 7.90. The molecule has 0 spiro atoms. The van der Waals surface area contributed by atoms with Crippen LogP contribution in [0.15, 0.2) is 24.5 Å². The van der Waals surface area contributed by atoms with Crippen LogP contribution in [-0.4, -0.2) is 31.7 Å². The van der Waals surface area contributed by atoms with E-state index in [1.165, 1.54) is 0 Å². The molecule has 0 amide bonds. The monoisotopic (exact) mass is 271 g/mol. The van der Waals surface area contributed by atoms with Crippen molar-refractivity contribution in [2.24, 2.45) is 0 Å². The molecule has 0 aliphatic rings. The average Bonchev–Trinajstić information content (AvgIpc) is 2.38. The summed E-state index contributed by atoms with van der Waals surface area (Å²) in [5.41, 5.74) is 0.856. The number of rotatable bonds is 8. The fourth-order valence-electron chi connectivity index (χ4n) is 1.42. The quantitative estimate of drug-likeness (QED) is 0.689. The van der Waals surface area contributed by atoms with Crippen molar-refractivity contribution in [2.75, 3.05) is 13.1 Å². The van der Waals surface area contributed by atoms with Crippen molar-refractivity contribution >= 4 is 10.0 Å². The molecule has 2 N–H and O–H groups in total. The summed E-state index contributed by atoms with van der Waals surface area (Å²) in [6.45, 7) is 5.34. The minimum absolute atomic E-state index is 0.286. The maximum Gasteiger partial charge on any atom is 0.215 e. The standard InChI is InChI=1S/C12H21N3O2S/c1-3-6-13-8-11(2)18(16,17)15-10-12-5-4-7-14-9-12/h4-5,7,9,11,13,15H,3,6,8,10H2,1-2H3. The maximum absolute atomic E-state index is 11.9. The molecule has 1 aromatic heterocycles. The first-order valence-corrected chi connectivity index (χ1v) is 7.69. The van der Waals surface area contributed by atoms with Crippen LogP contribution in [0.25, 0.3) is 0 Å². The number of hydrogen-bond donors (Lipinski definition) is 2. The van der Waals surface area contributed by atoms with Gasteiger partial charge in [-0.3, -0.25) is 4.98 Å². The van der Waals surface area contributed by atoms with Crippen LogP contribution in [0.3, 0.4) is 0 Å². The number of nitrogens with zero attached hydrogens (tertiary/aromatic N) is 1. The minimum Gasteiger partial charge on any atom is -0.315 e. The molecular weight excluding hydrogens is 250 g/mol. The number of nitrogens with one attached hydrogen (secondary N) is 2. The van der Waals surface area contributed by atoms with Crippen molar-refractivity contribution in [1.82, 2.24) is 15.0 Å². The van der Waals surface area contributed by atoms with E-state index in [0.717, 1.165) is 18.5 Å². The van der Waals surface area contributed by atoms with Crippen molar-refractivity contribution in [3.05, 3.63) is 30.1 Å². The Hall–Kier alpha value is -0.980. The zero-order chi connectivity index (χ0) is 13.4. The molecule has 1 unspecified atom stereocenters. The second kappa shape index (κ2) is 7.45. The van der Waals surface area contributed by atoms with Gasteiger partial charge in [-0.25, -0.2) is 13.1 Å². The van der Waals surface area contributed by atoms with Crippen LogP contribution in [0, 0.1) is 0 Å². The molecule has 1 rings (SSSR count). The molecule has 102 valence electrons. The Kier molecular flexibility index (Phi) is 6.24. The van der Waals surface area contributed by atoms with E-state index in [4.69, 9.17) is 0 Å². The molecule has 6 heteroatoms. The predicted octanol–water partition coefficient (Wildman–Crippen LogP) is 0.889. The largest absolute Gasteiger partial charge is 0.315 e. The summed E-state index contributed by atoms with van der Waals surface area (Å²) in [5, 5.41) is 2.66. The van der Waals surface area contributed by atoms with Gasteiger partial charge in [0.15, 0.2) is 0 Å². The third-order valence-corrected chi connectivity index (χ3v) is 4.36. The highest BCUT2D eigenvalue weighted by Gasteiger charge is 2.19. The lowest BCUT2D eigenvalue weighted by molar-refractivity contribution is 0.556. The van der Waals surface area contributed by atoms with Crippen LogP contribution in [0.5, 0.6) is 0 Å². The Morgan fingerprint density at radius 2 is 2.22 bits per heavy atom. The molecule has 1 heterocycles. The van der Waals surface area contributed by atoms with Crippen LogP contribution in [0.1, 0.15) is 25.8 Å². The van der Waals surface area contributed by atoms with E-state index < -0.39 is 15.3 Å². The first-order chi connectivity index (χ1) is 8.56. The van der Waals surface area contributed by atoms with E-state index in [0.29, 0.717) is 6.54 Å². The summed E-state index contributed by atoms with van der Waals surface area (Å²) in [5.74, 6) is 0. The highest BCUT2D eigenvalue weighted by Crippen LogP contribution is 2.01. The van der Waals surface area contributed by atoms with E-state index in [2.05, 4.69) is 15.0 Å². The van der Waals surface area contributed by atoms with Gasteiger partial charge in [-0.15, -0.1) is 0 Å². The van der Waals surface area contributed by atoms with Gasteiger partial charge in [0.25, 0.3) is 0 Å². The zero-order valence-electron chi connectivity index (χ0n) is 10.9. The van der Waals surface area contributed by atoms with Gasteiger partial charge in [-0.1, -0.05) is 13.0 Å². The summed E-state index contributed by atoms with van der Waals surface area (Å²) < 4.78 is 26.4. The van der Waals surface area contributed by atoms with Crippen molar-refractivity contribution in [1.29, 1.82) is 0 Å². The fourth-order valence-corrected chi connectivity index (χ4v) is 2.41. The molecule has 0 radical (unpaired) electrons. The Balaban J connectivity index is 2.44. The van der Waals surface area contributed by atoms with Gasteiger partial charge in [-0.2, -0.15) is 0 Å². The molecule has 0 fully saturated rings. The van der Waals surface area contributed by atoms with Crippen LogP contribution in [-0.2, 0) is 16.6 Å². The molecule has 0 aliphatic carbocycles. The predicted molar refractivity (Wildman–Crippen MR) is 72.6 cm³/mol. The van der Waals surface area contributed by atoms with E-state index in [-0.39, 0.29) is 6.54 Å². The fraction of sp³-hybridized carbons (Fsp3) is 0.583. The Labute approximate surface area is 109 Å². The normalized spacial score (nSPS) is 13.4. The van der Waals surface area contributed by atoms with Gasteiger partial charge < -0.3 is 5.32 Å². The van der Waals surface area contributed by atoms with Crippen molar-refractivity contribution in [2.45, 2.75) is 32.1 Å². The third-order valence-electron chi connectivity index (χ3n) is 2.59. The Morgan fingerprint density at radius 1 is 1.44 bits per heavy atom. The average molecular weight is 271 g/mol. The highest BCUT2D eigenvalue weighted by atomic mass is 32.2. The van der Waals surface area contributed by atoms with Crippen molar-refractivity contribution < 1.29 is 8.42 Å². The van der Waals surface area contributed by atoms with E-state index in [1.807, 2.05) is 13.0 Å². The summed E-state index contributed by atoms with van der Waals surface area (Å²) in [4.78, 5) is 3.94. The second-order valence-electron chi connectivity index (χ2n) is 4.24. The number of pyridine rings is 1. The molecule has 0 aliphatic heterocycles. The van der Waals surface area contributed by atoms with E-state index >= 15 is 0 Å². The van der Waals surface area contributed by atoms with Gasteiger partial charge in [0.1, 0.15) is 0 Å². The Bertz CT molecular complexity index is 434. The lowest BCUT2D eigenvalue weighted by Gasteiger charge is -2.14. The second-order valence-corrected chi connectivity index (χ2v) is 6.43. The molecule has 1 atom stereocenters. The summed E-state index contributed by atoms with van der Waals surface area (Å²) in [6.07, 6.45) is 4.31. The Morgan fingerprint density at radius 3 is 2.83 bits per heavy atom. The number of hydrogen-bond acceptors (Lipinski definition) is 4. The third kappa shape index (κ3) is 5.12. The van der Waals surface area contributed by atoms with Crippen molar-refractivity contribution in [3.8, 4) is 0 Å². The molecule has 5 nitrogen and oxygen atoms in total. The topological polar surface area (TPSA) is 71.1 Å². The van der Waals surface area contributed by atoms with Gasteiger partial charge in [0, 0.05) is 25.5 Å². The van der Waals surface area contributed by atoms with Crippen LogP contribution in [0.2, 0.25) is 0 Å². The molecule has 0 saturated carbocycles. The molecule has 0 bridgehead atoms. The van der Waals surface area contributed by atoms with E-state index in [9.17, 15) is 8.42 Å². The minimum atomic E-state index is -3.28. The molecule has 0 aromatic carbocycles. The molecule has 1 aromatic rings. The maximum atomic E-state index is 11.9. The van der Waals surface area contributed by atoms with Gasteiger partial charge in [0.05, 0.1) is 5.25 Å². The van der Waals surface area contributed by atoms with E-state index in [1.54, 1.807) is 25.4 Å². The van der Waals surface area contributed by atoms with Gasteiger partial charge in [-0.05, 0) is 31.5 Å². The van der Waals surface area contributed by atoms with Crippen LogP contribution < -0.4 is 10.0 Å². The SMILES string of the molecule is CCCNCC(C)S(=O)(=O)NCc1cccnc1. The molecular formula is C12H21N3O2S. The smallest absolute Gasteiger partial charge is 0.215 e. The lowest BCUT2D eigenvalue weighted by atomic mass is 10.3. The van der Waals surface area contributed by atoms with Crippen molar-refractivity contribution in [3.63, 3.8) is 0 Å². The number of sulfonamides is 1. The summed E-state index contributed by atoms with van der Waals surface area (Å²) in [6, 6.07) is 3.63. The van der Waals surface area contributed by atoms with Gasteiger partial charge >= 0.3 is 0 Å². The zero-order valence-corrected chi connectivity index (χ0v) is 11.7. The first-order valence-electron chi connectivity index (χ1n) is 6.14.